The molecule has 0 aromatic carbocycles. The second-order valence-electron chi connectivity index (χ2n) is 4.25. The first-order chi connectivity index (χ1) is 7.95. The van der Waals surface area contributed by atoms with E-state index in [1.807, 2.05) is 20.8 Å². The Hall–Kier alpha value is -1.43. The van der Waals surface area contributed by atoms with E-state index < -0.39 is 0 Å². The molecule has 0 radical (unpaired) electrons. The third-order valence-corrected chi connectivity index (χ3v) is 3.43. The van der Waals surface area contributed by atoms with Crippen LogP contribution in [0.5, 0.6) is 0 Å². The Kier molecular flexibility index (Phi) is 4.62. The van der Waals surface area contributed by atoms with Crippen LogP contribution < -0.4 is 5.32 Å². The molecule has 1 heterocycles. The molecule has 6 heteroatoms. The van der Waals surface area contributed by atoms with Crippen molar-refractivity contribution in [2.45, 2.75) is 27.7 Å². The Morgan fingerprint density at radius 2 is 2.18 bits per heavy atom. The number of thiazole rings is 1. The van der Waals surface area contributed by atoms with Crippen LogP contribution >= 0.6 is 11.3 Å². The minimum Gasteiger partial charge on any atom is -0.411 e. The van der Waals surface area contributed by atoms with Crippen LogP contribution in [-0.2, 0) is 4.79 Å². The number of amides is 1. The van der Waals surface area contributed by atoms with Crippen LogP contribution in [0, 0.1) is 11.8 Å². The van der Waals surface area contributed by atoms with Crippen molar-refractivity contribution in [1.29, 1.82) is 0 Å². The van der Waals surface area contributed by atoms with Crippen LogP contribution in [0.3, 0.4) is 0 Å². The highest BCUT2D eigenvalue weighted by Gasteiger charge is 2.18. The van der Waals surface area contributed by atoms with Crippen molar-refractivity contribution < 1.29 is 10.0 Å². The van der Waals surface area contributed by atoms with Crippen LogP contribution in [0.15, 0.2) is 10.5 Å². The molecule has 5 nitrogen and oxygen atoms in total. The fourth-order valence-corrected chi connectivity index (χ4v) is 1.83. The van der Waals surface area contributed by atoms with Crippen molar-refractivity contribution in [1.82, 2.24) is 4.98 Å². The first-order valence-electron chi connectivity index (χ1n) is 5.41. The molecule has 0 aliphatic rings. The van der Waals surface area contributed by atoms with E-state index in [-0.39, 0.29) is 17.7 Å². The van der Waals surface area contributed by atoms with Gasteiger partial charge >= 0.3 is 0 Å². The topological polar surface area (TPSA) is 74.6 Å². The monoisotopic (exact) mass is 255 g/mol. The van der Waals surface area contributed by atoms with Gasteiger partial charge in [-0.2, -0.15) is 0 Å². The largest absolute Gasteiger partial charge is 0.411 e. The summed E-state index contributed by atoms with van der Waals surface area (Å²) in [5.74, 6) is 0.185. The number of nitrogens with zero attached hydrogens (tertiary/aromatic N) is 2. The number of oxime groups is 1. The van der Waals surface area contributed by atoms with Gasteiger partial charge in [-0.1, -0.05) is 25.9 Å². The van der Waals surface area contributed by atoms with Crippen LogP contribution in [0.1, 0.15) is 33.4 Å². The Bertz CT molecular complexity index is 426. The van der Waals surface area contributed by atoms with Crippen molar-refractivity contribution >= 4 is 28.1 Å². The molecule has 1 unspecified atom stereocenters. The summed E-state index contributed by atoms with van der Waals surface area (Å²) < 4.78 is 0. The summed E-state index contributed by atoms with van der Waals surface area (Å²) >= 11 is 1.32. The average molecular weight is 255 g/mol. The summed E-state index contributed by atoms with van der Waals surface area (Å²) in [5, 5.41) is 16.7. The van der Waals surface area contributed by atoms with E-state index >= 15 is 0 Å². The number of hydrogen-bond donors (Lipinski definition) is 2. The molecule has 2 N–H and O–H groups in total. The van der Waals surface area contributed by atoms with Crippen molar-refractivity contribution in [2.24, 2.45) is 17.0 Å². The standard InChI is InChI=1S/C11H17N3O2S/c1-6(2)7(3)10(15)13-11-12-9(5-17-11)8(4)14-16/h5-7,16H,1-4H3,(H,12,13,15). The molecule has 0 aliphatic carbocycles. The second-order valence-corrected chi connectivity index (χ2v) is 5.10. The van der Waals surface area contributed by atoms with Gasteiger partial charge in [-0.05, 0) is 12.8 Å². The van der Waals surface area contributed by atoms with E-state index in [2.05, 4.69) is 15.5 Å². The summed E-state index contributed by atoms with van der Waals surface area (Å²) in [7, 11) is 0. The SMILES string of the molecule is CC(=NO)c1csc(NC(=O)C(C)C(C)C)n1. The number of nitrogens with one attached hydrogen (secondary N) is 1. The van der Waals surface area contributed by atoms with Gasteiger partial charge < -0.3 is 10.5 Å². The first kappa shape index (κ1) is 13.6. The number of aromatic nitrogens is 1. The van der Waals surface area contributed by atoms with E-state index in [0.717, 1.165) is 0 Å². The van der Waals surface area contributed by atoms with Crippen molar-refractivity contribution in [3.8, 4) is 0 Å². The number of hydrogen-bond acceptors (Lipinski definition) is 5. The Balaban J connectivity index is 2.70. The predicted molar refractivity (Wildman–Crippen MR) is 68.7 cm³/mol. The zero-order valence-corrected chi connectivity index (χ0v) is 11.2. The maximum Gasteiger partial charge on any atom is 0.229 e. The molecular formula is C11H17N3O2S. The molecule has 1 amide bonds. The molecule has 0 bridgehead atoms. The summed E-state index contributed by atoms with van der Waals surface area (Å²) in [5.41, 5.74) is 1.00. The van der Waals surface area contributed by atoms with E-state index in [1.165, 1.54) is 11.3 Å². The highest BCUT2D eigenvalue weighted by Crippen LogP contribution is 2.18. The van der Waals surface area contributed by atoms with Crippen molar-refractivity contribution in [3.05, 3.63) is 11.1 Å². The molecule has 1 aromatic rings. The molecule has 1 rings (SSSR count). The second kappa shape index (κ2) is 5.77. The summed E-state index contributed by atoms with van der Waals surface area (Å²) in [6, 6.07) is 0. The van der Waals surface area contributed by atoms with Crippen LogP contribution in [0.25, 0.3) is 0 Å². The van der Waals surface area contributed by atoms with Gasteiger partial charge in [0.1, 0.15) is 11.4 Å². The molecule has 94 valence electrons. The normalized spacial score (nSPS) is 13.8. The number of rotatable bonds is 4. The molecule has 0 spiro atoms. The number of carbonyl (C=O) groups is 1. The zero-order valence-electron chi connectivity index (χ0n) is 10.4. The third-order valence-electron chi connectivity index (χ3n) is 2.67. The summed E-state index contributed by atoms with van der Waals surface area (Å²) in [6.45, 7) is 7.53. The molecule has 0 fully saturated rings. The lowest BCUT2D eigenvalue weighted by molar-refractivity contribution is -0.120. The van der Waals surface area contributed by atoms with Gasteiger partial charge in [-0.15, -0.1) is 11.3 Å². The van der Waals surface area contributed by atoms with Gasteiger partial charge in [0.2, 0.25) is 5.91 Å². The van der Waals surface area contributed by atoms with Gasteiger partial charge in [0.25, 0.3) is 0 Å². The summed E-state index contributed by atoms with van der Waals surface area (Å²) in [4.78, 5) is 15.9. The number of carbonyl (C=O) groups excluding carboxylic acids is 1. The summed E-state index contributed by atoms with van der Waals surface area (Å²) in [6.07, 6.45) is 0. The Morgan fingerprint density at radius 1 is 1.53 bits per heavy atom. The Labute approximate surface area is 105 Å². The van der Waals surface area contributed by atoms with Crippen molar-refractivity contribution in [2.75, 3.05) is 5.32 Å². The average Bonchev–Trinajstić information content (AvgIpc) is 2.75. The van der Waals surface area contributed by atoms with Crippen LogP contribution in [-0.4, -0.2) is 21.8 Å². The quantitative estimate of drug-likeness (QED) is 0.493. The minimum absolute atomic E-state index is 0.0421. The van der Waals surface area contributed by atoms with Crippen molar-refractivity contribution in [3.63, 3.8) is 0 Å². The molecule has 0 saturated carbocycles. The van der Waals surface area contributed by atoms with Gasteiger partial charge in [0, 0.05) is 11.3 Å². The molecule has 1 atom stereocenters. The molecule has 0 saturated heterocycles. The highest BCUT2D eigenvalue weighted by molar-refractivity contribution is 7.14. The Morgan fingerprint density at radius 3 is 2.71 bits per heavy atom. The third kappa shape index (κ3) is 3.52. The minimum atomic E-state index is -0.0602. The zero-order chi connectivity index (χ0) is 13.0. The van der Waals surface area contributed by atoms with Crippen LogP contribution in [0.2, 0.25) is 0 Å². The molecular weight excluding hydrogens is 238 g/mol. The number of anilines is 1. The van der Waals surface area contributed by atoms with Gasteiger partial charge in [-0.3, -0.25) is 4.79 Å². The maximum absolute atomic E-state index is 11.8. The smallest absolute Gasteiger partial charge is 0.229 e. The molecule has 0 aliphatic heterocycles. The van der Waals surface area contributed by atoms with Gasteiger partial charge in [0.05, 0.1) is 0 Å². The highest BCUT2D eigenvalue weighted by atomic mass is 32.1. The lowest BCUT2D eigenvalue weighted by Gasteiger charge is -2.13. The van der Waals surface area contributed by atoms with Gasteiger partial charge in [0.15, 0.2) is 5.13 Å². The lowest BCUT2D eigenvalue weighted by Crippen LogP contribution is -2.24. The molecule has 17 heavy (non-hydrogen) atoms. The predicted octanol–water partition coefficient (Wildman–Crippen LogP) is 2.57. The van der Waals surface area contributed by atoms with E-state index in [4.69, 9.17) is 5.21 Å². The van der Waals surface area contributed by atoms with E-state index in [0.29, 0.717) is 16.5 Å². The van der Waals surface area contributed by atoms with Gasteiger partial charge in [-0.25, -0.2) is 4.98 Å². The van der Waals surface area contributed by atoms with E-state index in [9.17, 15) is 4.79 Å². The lowest BCUT2D eigenvalue weighted by atomic mass is 9.97. The van der Waals surface area contributed by atoms with Crippen LogP contribution in [0.4, 0.5) is 5.13 Å². The first-order valence-corrected chi connectivity index (χ1v) is 6.29. The fourth-order valence-electron chi connectivity index (χ4n) is 1.07. The fraction of sp³-hybridized carbons (Fsp3) is 0.545. The van der Waals surface area contributed by atoms with E-state index in [1.54, 1.807) is 12.3 Å². The maximum atomic E-state index is 11.8. The molecule has 1 aromatic heterocycles.